The second-order valence-corrected chi connectivity index (χ2v) is 3.96. The number of nitrogens with one attached hydrogen (secondary N) is 1. The molecule has 1 rings (SSSR count). The highest BCUT2D eigenvalue weighted by Crippen LogP contribution is 2.17. The van der Waals surface area contributed by atoms with Crippen molar-refractivity contribution < 1.29 is 9.90 Å². The number of amides is 1. The van der Waals surface area contributed by atoms with Crippen molar-refractivity contribution in [1.82, 2.24) is 4.90 Å². The number of nitrogens with two attached hydrogens (primary N) is 1. The number of nitrogens with zero attached hydrogens (tertiary/aromatic N) is 1. The first-order valence-electron chi connectivity index (χ1n) is 5.52. The van der Waals surface area contributed by atoms with Crippen LogP contribution in [0.25, 0.3) is 0 Å². The molecule has 0 radical (unpaired) electrons. The van der Waals surface area contributed by atoms with Gasteiger partial charge in [0, 0.05) is 6.54 Å². The molecule has 17 heavy (non-hydrogen) atoms. The van der Waals surface area contributed by atoms with E-state index in [1.807, 2.05) is 12.1 Å². The van der Waals surface area contributed by atoms with E-state index in [0.717, 1.165) is 0 Å². The third-order valence-corrected chi connectivity index (χ3v) is 2.71. The number of hydrogen-bond acceptors (Lipinski definition) is 4. The van der Waals surface area contributed by atoms with Gasteiger partial charge in [-0.15, -0.1) is 0 Å². The summed E-state index contributed by atoms with van der Waals surface area (Å²) in [5.41, 5.74) is 6.89. The maximum atomic E-state index is 11.9. The third kappa shape index (κ3) is 3.72. The van der Waals surface area contributed by atoms with Crippen LogP contribution in [0.3, 0.4) is 0 Å². The highest BCUT2D eigenvalue weighted by atomic mass is 16.3. The second kappa shape index (κ2) is 6.22. The average molecular weight is 237 g/mol. The molecule has 0 saturated heterocycles. The standard InChI is InChI=1S/C12H19N3O2/c1-9(15(2)7-8-16)12(17)14-11-6-4-3-5-10(11)13/h3-6,9,16H,7-8,13H2,1-2H3,(H,14,17). The Labute approximate surface area is 101 Å². The molecule has 0 fully saturated rings. The maximum absolute atomic E-state index is 11.9. The summed E-state index contributed by atoms with van der Waals surface area (Å²) in [5, 5.41) is 11.6. The van der Waals surface area contributed by atoms with E-state index >= 15 is 0 Å². The average Bonchev–Trinajstić information content (AvgIpc) is 2.31. The lowest BCUT2D eigenvalue weighted by Crippen LogP contribution is -2.41. The van der Waals surface area contributed by atoms with Crippen LogP contribution >= 0.6 is 0 Å². The molecule has 1 unspecified atom stereocenters. The lowest BCUT2D eigenvalue weighted by Gasteiger charge is -2.23. The van der Waals surface area contributed by atoms with Gasteiger partial charge < -0.3 is 16.2 Å². The van der Waals surface area contributed by atoms with Gasteiger partial charge in [0.2, 0.25) is 5.91 Å². The maximum Gasteiger partial charge on any atom is 0.241 e. The van der Waals surface area contributed by atoms with Gasteiger partial charge in [0.1, 0.15) is 0 Å². The van der Waals surface area contributed by atoms with Crippen molar-refractivity contribution in [1.29, 1.82) is 0 Å². The molecule has 94 valence electrons. The van der Waals surface area contributed by atoms with Crippen molar-refractivity contribution in [3.05, 3.63) is 24.3 Å². The number of anilines is 2. The quantitative estimate of drug-likeness (QED) is 0.652. The summed E-state index contributed by atoms with van der Waals surface area (Å²) in [6, 6.07) is 6.80. The first-order chi connectivity index (χ1) is 8.06. The predicted octanol–water partition coefficient (Wildman–Crippen LogP) is 0.520. The lowest BCUT2D eigenvalue weighted by molar-refractivity contribution is -0.120. The molecular weight excluding hydrogens is 218 g/mol. The number of benzene rings is 1. The van der Waals surface area contributed by atoms with Crippen molar-refractivity contribution in [3.8, 4) is 0 Å². The van der Waals surface area contributed by atoms with Gasteiger partial charge in [0.25, 0.3) is 0 Å². The smallest absolute Gasteiger partial charge is 0.241 e. The molecule has 0 saturated carbocycles. The Balaban J connectivity index is 2.63. The highest BCUT2D eigenvalue weighted by Gasteiger charge is 2.17. The van der Waals surface area contributed by atoms with E-state index < -0.39 is 0 Å². The van der Waals surface area contributed by atoms with Gasteiger partial charge in [-0.1, -0.05) is 12.1 Å². The Morgan fingerprint density at radius 3 is 2.76 bits per heavy atom. The molecule has 0 aliphatic rings. The highest BCUT2D eigenvalue weighted by molar-refractivity contribution is 5.96. The molecule has 1 amide bonds. The first kappa shape index (κ1) is 13.5. The van der Waals surface area contributed by atoms with Gasteiger partial charge in [0.15, 0.2) is 0 Å². The number of likely N-dealkylation sites (N-methyl/N-ethyl adjacent to an activating group) is 1. The fraction of sp³-hybridized carbons (Fsp3) is 0.417. The number of nitrogen functional groups attached to an aromatic ring is 1. The van der Waals surface area contributed by atoms with E-state index in [4.69, 9.17) is 10.8 Å². The van der Waals surface area contributed by atoms with E-state index in [0.29, 0.717) is 17.9 Å². The van der Waals surface area contributed by atoms with Gasteiger partial charge in [0.05, 0.1) is 24.0 Å². The lowest BCUT2D eigenvalue weighted by atomic mass is 10.2. The summed E-state index contributed by atoms with van der Waals surface area (Å²) in [7, 11) is 1.79. The molecule has 1 aromatic rings. The normalized spacial score (nSPS) is 12.5. The summed E-state index contributed by atoms with van der Waals surface area (Å²) in [4.78, 5) is 13.7. The zero-order chi connectivity index (χ0) is 12.8. The SMILES string of the molecule is CC(C(=O)Nc1ccccc1N)N(C)CCO. The number of aliphatic hydroxyl groups is 1. The largest absolute Gasteiger partial charge is 0.397 e. The molecule has 0 spiro atoms. The van der Waals surface area contributed by atoms with Gasteiger partial charge in [-0.25, -0.2) is 0 Å². The van der Waals surface area contributed by atoms with Crippen molar-refractivity contribution in [2.75, 3.05) is 31.2 Å². The van der Waals surface area contributed by atoms with E-state index in [1.54, 1.807) is 31.0 Å². The second-order valence-electron chi connectivity index (χ2n) is 3.96. The van der Waals surface area contributed by atoms with E-state index in [-0.39, 0.29) is 18.6 Å². The van der Waals surface area contributed by atoms with Crippen LogP contribution in [0, 0.1) is 0 Å². The topological polar surface area (TPSA) is 78.6 Å². The molecule has 0 aliphatic carbocycles. The molecule has 5 heteroatoms. The molecule has 0 heterocycles. The van der Waals surface area contributed by atoms with Crippen LogP contribution < -0.4 is 11.1 Å². The van der Waals surface area contributed by atoms with Crippen LogP contribution in [0.2, 0.25) is 0 Å². The van der Waals surface area contributed by atoms with Crippen LogP contribution in [0.4, 0.5) is 11.4 Å². The number of carbonyl (C=O) groups is 1. The Bertz CT molecular complexity index is 382. The van der Waals surface area contributed by atoms with Crippen LogP contribution in [0.15, 0.2) is 24.3 Å². The van der Waals surface area contributed by atoms with Crippen LogP contribution in [0.5, 0.6) is 0 Å². The number of hydrogen-bond donors (Lipinski definition) is 3. The third-order valence-electron chi connectivity index (χ3n) is 2.71. The predicted molar refractivity (Wildman–Crippen MR) is 68.7 cm³/mol. The van der Waals surface area contributed by atoms with Crippen molar-refractivity contribution >= 4 is 17.3 Å². The van der Waals surface area contributed by atoms with Crippen molar-refractivity contribution in [2.45, 2.75) is 13.0 Å². The first-order valence-corrected chi connectivity index (χ1v) is 5.52. The Kier molecular flexibility index (Phi) is 4.93. The van der Waals surface area contributed by atoms with Crippen LogP contribution in [-0.4, -0.2) is 42.2 Å². The summed E-state index contributed by atoms with van der Waals surface area (Å²) in [6.45, 7) is 2.27. The Hall–Kier alpha value is -1.59. The van der Waals surface area contributed by atoms with Crippen molar-refractivity contribution in [2.24, 2.45) is 0 Å². The summed E-state index contributed by atoms with van der Waals surface area (Å²) >= 11 is 0. The van der Waals surface area contributed by atoms with Crippen molar-refractivity contribution in [3.63, 3.8) is 0 Å². The fourth-order valence-electron chi connectivity index (χ4n) is 1.40. The Morgan fingerprint density at radius 2 is 2.18 bits per heavy atom. The molecule has 1 aromatic carbocycles. The van der Waals surface area contributed by atoms with E-state index in [1.165, 1.54) is 0 Å². The van der Waals surface area contributed by atoms with Gasteiger partial charge in [-0.3, -0.25) is 9.69 Å². The molecular formula is C12H19N3O2. The minimum absolute atomic E-state index is 0.0294. The fourth-order valence-corrected chi connectivity index (χ4v) is 1.40. The van der Waals surface area contributed by atoms with Gasteiger partial charge in [-0.2, -0.15) is 0 Å². The zero-order valence-corrected chi connectivity index (χ0v) is 10.2. The molecule has 1 atom stereocenters. The number of rotatable bonds is 5. The monoisotopic (exact) mass is 237 g/mol. The Morgan fingerprint density at radius 1 is 1.53 bits per heavy atom. The molecule has 0 aromatic heterocycles. The molecule has 4 N–H and O–H groups in total. The van der Waals surface area contributed by atoms with E-state index in [2.05, 4.69) is 5.32 Å². The zero-order valence-electron chi connectivity index (χ0n) is 10.2. The minimum Gasteiger partial charge on any atom is -0.397 e. The van der Waals surface area contributed by atoms with Crippen LogP contribution in [-0.2, 0) is 4.79 Å². The van der Waals surface area contributed by atoms with E-state index in [9.17, 15) is 4.79 Å². The number of para-hydroxylation sites is 2. The summed E-state index contributed by atoms with van der Waals surface area (Å²) in [6.07, 6.45) is 0. The number of aliphatic hydroxyl groups excluding tert-OH is 1. The molecule has 0 bridgehead atoms. The minimum atomic E-state index is -0.318. The van der Waals surface area contributed by atoms with Gasteiger partial charge in [-0.05, 0) is 26.1 Å². The van der Waals surface area contributed by atoms with Gasteiger partial charge >= 0.3 is 0 Å². The summed E-state index contributed by atoms with van der Waals surface area (Å²) in [5.74, 6) is -0.140. The molecule has 0 aliphatic heterocycles. The molecule has 5 nitrogen and oxygen atoms in total. The number of carbonyl (C=O) groups excluding carboxylic acids is 1. The summed E-state index contributed by atoms with van der Waals surface area (Å²) < 4.78 is 0. The van der Waals surface area contributed by atoms with Crippen LogP contribution in [0.1, 0.15) is 6.92 Å².